The second-order valence-electron chi connectivity index (χ2n) is 4.91. The van der Waals surface area contributed by atoms with Gasteiger partial charge in [-0.25, -0.2) is 0 Å². The quantitative estimate of drug-likeness (QED) is 0.894. The van der Waals surface area contributed by atoms with E-state index in [1.165, 1.54) is 11.3 Å². The molecule has 0 aliphatic rings. The molecular weight excluding hydrogens is 236 g/mol. The van der Waals surface area contributed by atoms with E-state index >= 15 is 0 Å². The predicted molar refractivity (Wildman–Crippen MR) is 77.1 cm³/mol. The van der Waals surface area contributed by atoms with Crippen molar-refractivity contribution in [2.45, 2.75) is 32.7 Å². The summed E-state index contributed by atoms with van der Waals surface area (Å²) in [7, 11) is 3.98. The fraction of sp³-hybridized carbons (Fsp3) is 0.467. The Labute approximate surface area is 114 Å². The molecule has 0 bridgehead atoms. The number of nitrogens with one attached hydrogen (secondary N) is 1. The van der Waals surface area contributed by atoms with Gasteiger partial charge in [-0.1, -0.05) is 6.92 Å². The van der Waals surface area contributed by atoms with Gasteiger partial charge in [0, 0.05) is 25.4 Å². The van der Waals surface area contributed by atoms with Gasteiger partial charge in [0.25, 0.3) is 0 Å². The van der Waals surface area contributed by atoms with Gasteiger partial charge >= 0.3 is 0 Å². The van der Waals surface area contributed by atoms with Crippen molar-refractivity contribution in [3.05, 3.63) is 47.0 Å². The SMILES string of the molecule is CCc1cc(CC(NC)c2cc(C)ccn2)n(C)n1. The van der Waals surface area contributed by atoms with E-state index < -0.39 is 0 Å². The molecule has 0 aliphatic heterocycles. The number of hydrogen-bond donors (Lipinski definition) is 1. The van der Waals surface area contributed by atoms with Gasteiger partial charge in [-0.2, -0.15) is 5.10 Å². The zero-order chi connectivity index (χ0) is 13.8. The topological polar surface area (TPSA) is 42.7 Å². The van der Waals surface area contributed by atoms with Gasteiger partial charge in [0.05, 0.1) is 17.4 Å². The van der Waals surface area contributed by atoms with Crippen molar-refractivity contribution in [3.8, 4) is 0 Å². The second kappa shape index (κ2) is 5.97. The molecule has 2 aromatic heterocycles. The third-order valence-corrected chi connectivity index (χ3v) is 3.44. The van der Waals surface area contributed by atoms with Gasteiger partial charge < -0.3 is 5.32 Å². The Balaban J connectivity index is 2.21. The fourth-order valence-corrected chi connectivity index (χ4v) is 2.25. The van der Waals surface area contributed by atoms with Crippen molar-refractivity contribution in [1.29, 1.82) is 0 Å². The Morgan fingerprint density at radius 2 is 2.16 bits per heavy atom. The number of nitrogens with zero attached hydrogens (tertiary/aromatic N) is 3. The smallest absolute Gasteiger partial charge is 0.0624 e. The minimum Gasteiger partial charge on any atom is -0.311 e. The maximum Gasteiger partial charge on any atom is 0.0624 e. The maximum atomic E-state index is 4.50. The van der Waals surface area contributed by atoms with Crippen LogP contribution in [-0.2, 0) is 19.9 Å². The average molecular weight is 258 g/mol. The van der Waals surface area contributed by atoms with E-state index in [9.17, 15) is 0 Å². The lowest BCUT2D eigenvalue weighted by atomic mass is 10.1. The molecule has 0 spiro atoms. The molecule has 0 aliphatic carbocycles. The Morgan fingerprint density at radius 1 is 1.37 bits per heavy atom. The lowest BCUT2D eigenvalue weighted by molar-refractivity contribution is 0.548. The van der Waals surface area contributed by atoms with Crippen molar-refractivity contribution in [2.75, 3.05) is 7.05 Å². The van der Waals surface area contributed by atoms with E-state index in [2.05, 4.69) is 41.4 Å². The minimum atomic E-state index is 0.222. The first-order valence-electron chi connectivity index (χ1n) is 6.75. The highest BCUT2D eigenvalue weighted by atomic mass is 15.3. The molecule has 0 radical (unpaired) electrons. The first-order valence-corrected chi connectivity index (χ1v) is 6.75. The molecule has 2 rings (SSSR count). The normalized spacial score (nSPS) is 12.6. The summed E-state index contributed by atoms with van der Waals surface area (Å²) in [5.41, 5.74) is 4.70. The van der Waals surface area contributed by atoms with Crippen molar-refractivity contribution >= 4 is 0 Å². The summed E-state index contributed by atoms with van der Waals surface area (Å²) in [6, 6.07) is 6.56. The number of aromatic nitrogens is 3. The first kappa shape index (κ1) is 13.7. The lowest BCUT2D eigenvalue weighted by Gasteiger charge is -2.16. The van der Waals surface area contributed by atoms with Crippen molar-refractivity contribution in [2.24, 2.45) is 7.05 Å². The van der Waals surface area contributed by atoms with E-state index in [0.717, 1.165) is 24.2 Å². The van der Waals surface area contributed by atoms with Gasteiger partial charge in [-0.3, -0.25) is 9.67 Å². The molecule has 2 aromatic rings. The molecule has 0 saturated carbocycles. The van der Waals surface area contributed by atoms with Gasteiger partial charge in [0.1, 0.15) is 0 Å². The molecule has 4 heteroatoms. The van der Waals surface area contributed by atoms with Gasteiger partial charge in [-0.05, 0) is 44.2 Å². The Morgan fingerprint density at radius 3 is 2.74 bits per heavy atom. The van der Waals surface area contributed by atoms with E-state index in [-0.39, 0.29) is 6.04 Å². The van der Waals surface area contributed by atoms with Crippen molar-refractivity contribution in [1.82, 2.24) is 20.1 Å². The number of rotatable bonds is 5. The van der Waals surface area contributed by atoms with Crippen molar-refractivity contribution in [3.63, 3.8) is 0 Å². The molecule has 1 atom stereocenters. The van der Waals surface area contributed by atoms with E-state index in [1.54, 1.807) is 0 Å². The number of hydrogen-bond acceptors (Lipinski definition) is 3. The van der Waals surface area contributed by atoms with E-state index in [0.29, 0.717) is 0 Å². The highest BCUT2D eigenvalue weighted by molar-refractivity contribution is 5.20. The highest BCUT2D eigenvalue weighted by Gasteiger charge is 2.14. The zero-order valence-corrected chi connectivity index (χ0v) is 12.1. The number of pyridine rings is 1. The standard InChI is InChI=1S/C15H22N4/c1-5-12-9-13(19(4)18-12)10-14(16-3)15-8-11(2)6-7-17-15/h6-9,14,16H,5,10H2,1-4H3. The zero-order valence-electron chi connectivity index (χ0n) is 12.1. The van der Waals surface area contributed by atoms with Gasteiger partial charge in [0.15, 0.2) is 0 Å². The molecule has 2 heterocycles. The van der Waals surface area contributed by atoms with Crippen LogP contribution in [0.2, 0.25) is 0 Å². The molecule has 102 valence electrons. The molecule has 19 heavy (non-hydrogen) atoms. The third-order valence-electron chi connectivity index (χ3n) is 3.44. The Bertz CT molecular complexity index is 545. The summed E-state index contributed by atoms with van der Waals surface area (Å²) in [4.78, 5) is 4.47. The number of aryl methyl sites for hydroxylation is 3. The number of likely N-dealkylation sites (N-methyl/N-ethyl adjacent to an activating group) is 1. The Hall–Kier alpha value is -1.68. The largest absolute Gasteiger partial charge is 0.311 e. The van der Waals surface area contributed by atoms with Gasteiger partial charge in [0.2, 0.25) is 0 Å². The summed E-state index contributed by atoms with van der Waals surface area (Å²) < 4.78 is 1.97. The molecule has 0 amide bonds. The molecule has 0 fully saturated rings. The molecule has 1 N–H and O–H groups in total. The van der Waals surface area contributed by atoms with E-state index in [1.807, 2.05) is 31.0 Å². The monoisotopic (exact) mass is 258 g/mol. The van der Waals surface area contributed by atoms with Crippen LogP contribution in [0.4, 0.5) is 0 Å². The van der Waals surface area contributed by atoms with Crippen LogP contribution < -0.4 is 5.32 Å². The molecule has 0 aromatic carbocycles. The minimum absolute atomic E-state index is 0.222. The maximum absolute atomic E-state index is 4.50. The van der Waals surface area contributed by atoms with Crippen LogP contribution in [0.1, 0.15) is 35.6 Å². The Kier molecular flexibility index (Phi) is 4.32. The van der Waals surface area contributed by atoms with E-state index in [4.69, 9.17) is 0 Å². The van der Waals surface area contributed by atoms with Crippen LogP contribution in [0.5, 0.6) is 0 Å². The third kappa shape index (κ3) is 3.20. The molecule has 1 unspecified atom stereocenters. The summed E-state index contributed by atoms with van der Waals surface area (Å²) in [6.07, 6.45) is 3.74. The average Bonchev–Trinajstić information content (AvgIpc) is 2.76. The molecule has 0 saturated heterocycles. The summed E-state index contributed by atoms with van der Waals surface area (Å²) in [5, 5.41) is 7.84. The van der Waals surface area contributed by atoms with Crippen LogP contribution in [0.25, 0.3) is 0 Å². The molecule has 4 nitrogen and oxygen atoms in total. The van der Waals surface area contributed by atoms with Crippen LogP contribution in [0, 0.1) is 6.92 Å². The lowest BCUT2D eigenvalue weighted by Crippen LogP contribution is -2.21. The molecular formula is C15H22N4. The van der Waals surface area contributed by atoms with Crippen LogP contribution in [-0.4, -0.2) is 21.8 Å². The predicted octanol–water partition coefficient (Wildman–Crippen LogP) is 2.19. The van der Waals surface area contributed by atoms with Crippen LogP contribution in [0.15, 0.2) is 24.4 Å². The first-order chi connectivity index (χ1) is 9.13. The van der Waals surface area contributed by atoms with Crippen molar-refractivity contribution < 1.29 is 0 Å². The summed E-state index contributed by atoms with van der Waals surface area (Å²) in [6.45, 7) is 4.22. The second-order valence-corrected chi connectivity index (χ2v) is 4.91. The summed E-state index contributed by atoms with van der Waals surface area (Å²) >= 11 is 0. The summed E-state index contributed by atoms with van der Waals surface area (Å²) in [5.74, 6) is 0. The highest BCUT2D eigenvalue weighted by Crippen LogP contribution is 2.17. The fourth-order valence-electron chi connectivity index (χ4n) is 2.25. The van der Waals surface area contributed by atoms with Crippen LogP contribution in [0.3, 0.4) is 0 Å². The van der Waals surface area contributed by atoms with Gasteiger partial charge in [-0.15, -0.1) is 0 Å². The van der Waals surface area contributed by atoms with Crippen LogP contribution >= 0.6 is 0 Å².